The SMILES string of the molecule is CC(=O)c1ccccc1.CCCC(F)CCOC(=O)CC(C)=O. The molecule has 0 bridgehead atoms. The summed E-state index contributed by atoms with van der Waals surface area (Å²) in [5.74, 6) is -0.683. The van der Waals surface area contributed by atoms with Crippen molar-refractivity contribution in [1.82, 2.24) is 0 Å². The molecule has 5 heteroatoms. The van der Waals surface area contributed by atoms with E-state index in [1.807, 2.05) is 37.3 Å². The Balaban J connectivity index is 0.000000459. The monoisotopic (exact) mass is 324 g/mol. The lowest BCUT2D eigenvalue weighted by molar-refractivity contribution is -0.146. The maximum absolute atomic E-state index is 12.9. The Bertz CT molecular complexity index is 485. The lowest BCUT2D eigenvalue weighted by Crippen LogP contribution is -2.12. The molecule has 0 fully saturated rings. The van der Waals surface area contributed by atoms with E-state index in [1.165, 1.54) is 6.92 Å². The predicted octanol–water partition coefficient (Wildman–Crippen LogP) is 3.93. The number of halogens is 1. The van der Waals surface area contributed by atoms with Gasteiger partial charge in [-0.05, 0) is 20.3 Å². The minimum atomic E-state index is -0.912. The Kier molecular flexibility index (Phi) is 11.4. The zero-order valence-corrected chi connectivity index (χ0v) is 14.0. The van der Waals surface area contributed by atoms with Crippen LogP contribution in [-0.2, 0) is 14.3 Å². The lowest BCUT2D eigenvalue weighted by Gasteiger charge is -2.06. The number of Topliss-reactive ketones (excluding diaryl/α,β-unsaturated/α-hetero) is 2. The van der Waals surface area contributed by atoms with Crippen molar-refractivity contribution in [3.63, 3.8) is 0 Å². The second-order valence-corrected chi connectivity index (χ2v) is 5.20. The van der Waals surface area contributed by atoms with E-state index in [4.69, 9.17) is 0 Å². The van der Waals surface area contributed by atoms with Crippen LogP contribution < -0.4 is 0 Å². The molecule has 23 heavy (non-hydrogen) atoms. The van der Waals surface area contributed by atoms with Gasteiger partial charge in [-0.2, -0.15) is 0 Å². The second-order valence-electron chi connectivity index (χ2n) is 5.20. The smallest absolute Gasteiger partial charge is 0.313 e. The van der Waals surface area contributed by atoms with Crippen LogP contribution in [0, 0.1) is 0 Å². The summed E-state index contributed by atoms with van der Waals surface area (Å²) in [5.41, 5.74) is 0.775. The molecule has 0 amide bonds. The van der Waals surface area contributed by atoms with Crippen molar-refractivity contribution in [2.75, 3.05) is 6.61 Å². The van der Waals surface area contributed by atoms with E-state index in [0.29, 0.717) is 6.42 Å². The average Bonchev–Trinajstić information content (AvgIpc) is 2.48. The standard InChI is InChI=1S/C10H17FO3.C8H8O/c1-3-4-9(11)5-6-14-10(13)7-8(2)12;1-7(9)8-5-3-2-4-6-8/h9H,3-7H2,1-2H3;2-6H,1H3. The van der Waals surface area contributed by atoms with Gasteiger partial charge in [-0.15, -0.1) is 0 Å². The molecule has 0 aromatic heterocycles. The van der Waals surface area contributed by atoms with Gasteiger partial charge in [-0.3, -0.25) is 14.4 Å². The van der Waals surface area contributed by atoms with Crippen LogP contribution in [0.4, 0.5) is 4.39 Å². The molecule has 0 aliphatic rings. The molecule has 128 valence electrons. The zero-order valence-electron chi connectivity index (χ0n) is 14.0. The molecular formula is C18H25FO4. The molecule has 1 aromatic rings. The van der Waals surface area contributed by atoms with E-state index in [9.17, 15) is 18.8 Å². The minimum absolute atomic E-state index is 0.0628. The highest BCUT2D eigenvalue weighted by Gasteiger charge is 2.09. The molecule has 0 N–H and O–H groups in total. The number of ketones is 2. The van der Waals surface area contributed by atoms with Gasteiger partial charge in [-0.25, -0.2) is 4.39 Å². The molecule has 1 aromatic carbocycles. The summed E-state index contributed by atoms with van der Waals surface area (Å²) in [6, 6.07) is 9.23. The van der Waals surface area contributed by atoms with Crippen LogP contribution >= 0.6 is 0 Å². The van der Waals surface area contributed by atoms with Crippen molar-refractivity contribution in [3.8, 4) is 0 Å². The van der Waals surface area contributed by atoms with Crippen molar-refractivity contribution in [2.45, 2.75) is 52.6 Å². The van der Waals surface area contributed by atoms with E-state index in [1.54, 1.807) is 6.92 Å². The van der Waals surface area contributed by atoms with E-state index in [0.717, 1.165) is 12.0 Å². The van der Waals surface area contributed by atoms with Crippen LogP contribution in [0.5, 0.6) is 0 Å². The molecule has 1 rings (SSSR count). The third-order valence-electron chi connectivity index (χ3n) is 2.87. The molecule has 0 aliphatic carbocycles. The van der Waals surface area contributed by atoms with Crippen LogP contribution in [0.1, 0.15) is 56.8 Å². The summed E-state index contributed by atoms with van der Waals surface area (Å²) in [6.45, 7) is 4.84. The number of hydrogen-bond acceptors (Lipinski definition) is 4. The van der Waals surface area contributed by atoms with Crippen molar-refractivity contribution >= 4 is 17.5 Å². The number of rotatable bonds is 8. The van der Waals surface area contributed by atoms with Gasteiger partial charge in [0.05, 0.1) is 6.61 Å². The Morgan fingerprint density at radius 2 is 1.70 bits per heavy atom. The topological polar surface area (TPSA) is 60.4 Å². The highest BCUT2D eigenvalue weighted by molar-refractivity contribution is 5.94. The van der Waals surface area contributed by atoms with Gasteiger partial charge in [0.15, 0.2) is 5.78 Å². The Morgan fingerprint density at radius 1 is 1.09 bits per heavy atom. The van der Waals surface area contributed by atoms with Crippen LogP contribution in [-0.4, -0.2) is 30.3 Å². The number of ether oxygens (including phenoxy) is 1. The summed E-state index contributed by atoms with van der Waals surface area (Å²) >= 11 is 0. The van der Waals surface area contributed by atoms with Crippen molar-refractivity contribution < 1.29 is 23.5 Å². The predicted molar refractivity (Wildman–Crippen MR) is 87.1 cm³/mol. The first kappa shape index (κ1) is 21.0. The number of hydrogen-bond donors (Lipinski definition) is 0. The fourth-order valence-corrected chi connectivity index (χ4v) is 1.69. The maximum Gasteiger partial charge on any atom is 0.313 e. The van der Waals surface area contributed by atoms with Gasteiger partial charge in [0.25, 0.3) is 0 Å². The summed E-state index contributed by atoms with van der Waals surface area (Å²) in [5, 5.41) is 0. The highest BCUT2D eigenvalue weighted by Crippen LogP contribution is 2.06. The molecule has 0 saturated heterocycles. The van der Waals surface area contributed by atoms with Crippen molar-refractivity contribution in [2.24, 2.45) is 0 Å². The molecule has 0 aliphatic heterocycles. The summed E-state index contributed by atoms with van der Waals surface area (Å²) in [6.07, 6.45) is 0.361. The average molecular weight is 324 g/mol. The summed E-state index contributed by atoms with van der Waals surface area (Å²) < 4.78 is 17.5. The van der Waals surface area contributed by atoms with Crippen LogP contribution in [0.25, 0.3) is 0 Å². The molecule has 0 heterocycles. The summed E-state index contributed by atoms with van der Waals surface area (Å²) in [7, 11) is 0. The van der Waals surface area contributed by atoms with E-state index >= 15 is 0 Å². The molecule has 4 nitrogen and oxygen atoms in total. The first-order chi connectivity index (χ1) is 10.9. The number of benzene rings is 1. The van der Waals surface area contributed by atoms with Gasteiger partial charge in [0.2, 0.25) is 0 Å². The largest absolute Gasteiger partial charge is 0.465 e. The van der Waals surface area contributed by atoms with Gasteiger partial charge in [0.1, 0.15) is 18.4 Å². The second kappa shape index (κ2) is 12.5. The van der Waals surface area contributed by atoms with Gasteiger partial charge in [0, 0.05) is 12.0 Å². The fraction of sp³-hybridized carbons (Fsp3) is 0.500. The van der Waals surface area contributed by atoms with Crippen LogP contribution in [0.15, 0.2) is 30.3 Å². The third-order valence-corrected chi connectivity index (χ3v) is 2.87. The molecule has 0 radical (unpaired) electrons. The van der Waals surface area contributed by atoms with Crippen LogP contribution in [0.3, 0.4) is 0 Å². The minimum Gasteiger partial charge on any atom is -0.465 e. The van der Waals surface area contributed by atoms with Crippen LogP contribution in [0.2, 0.25) is 0 Å². The zero-order chi connectivity index (χ0) is 17.7. The van der Waals surface area contributed by atoms with Gasteiger partial charge in [-0.1, -0.05) is 43.7 Å². The molecule has 0 spiro atoms. The molecule has 0 saturated carbocycles. The first-order valence-electron chi connectivity index (χ1n) is 7.71. The van der Waals surface area contributed by atoms with E-state index in [2.05, 4.69) is 4.74 Å². The lowest BCUT2D eigenvalue weighted by atomic mass is 10.2. The normalized spacial score (nSPS) is 11.0. The van der Waals surface area contributed by atoms with Gasteiger partial charge < -0.3 is 4.74 Å². The Morgan fingerprint density at radius 3 is 2.13 bits per heavy atom. The van der Waals surface area contributed by atoms with Crippen molar-refractivity contribution in [3.05, 3.63) is 35.9 Å². The van der Waals surface area contributed by atoms with Gasteiger partial charge >= 0.3 is 5.97 Å². The maximum atomic E-state index is 12.9. The third kappa shape index (κ3) is 12.2. The number of carbonyl (C=O) groups excluding carboxylic acids is 3. The molecule has 1 unspecified atom stereocenters. The highest BCUT2D eigenvalue weighted by atomic mass is 19.1. The van der Waals surface area contributed by atoms with E-state index < -0.39 is 12.1 Å². The first-order valence-corrected chi connectivity index (χ1v) is 7.71. The molecular weight excluding hydrogens is 299 g/mol. The number of carbonyl (C=O) groups is 3. The number of esters is 1. The Labute approximate surface area is 137 Å². The molecule has 1 atom stereocenters. The number of alkyl halides is 1. The fourth-order valence-electron chi connectivity index (χ4n) is 1.69. The quantitative estimate of drug-likeness (QED) is 0.413. The summed E-state index contributed by atoms with van der Waals surface area (Å²) in [4.78, 5) is 32.0. The van der Waals surface area contributed by atoms with E-state index in [-0.39, 0.29) is 31.0 Å². The van der Waals surface area contributed by atoms with Crippen molar-refractivity contribution in [1.29, 1.82) is 0 Å². The Hall–Kier alpha value is -2.04.